The van der Waals surface area contributed by atoms with Crippen LogP contribution in [0.3, 0.4) is 0 Å². The highest BCUT2D eigenvalue weighted by Gasteiger charge is 2.22. The fraction of sp³-hybridized carbons (Fsp3) is 0.467. The molecule has 1 aromatic carbocycles. The molecule has 0 aliphatic rings. The Morgan fingerprint density at radius 1 is 1.05 bits per heavy atom. The van der Waals surface area contributed by atoms with Crippen LogP contribution in [0.4, 0.5) is 9.59 Å². The maximum absolute atomic E-state index is 12.1. The average Bonchev–Trinajstić information content (AvgIpc) is 2.38. The first-order chi connectivity index (χ1) is 10.3. The number of nitrogens with zero attached hydrogens (tertiary/aromatic N) is 1. The molecule has 0 aliphatic carbocycles. The van der Waals surface area contributed by atoms with Crippen molar-refractivity contribution in [3.8, 4) is 0 Å². The minimum Gasteiger partial charge on any atom is -0.446 e. The SMILES string of the molecule is Cc1ccc(SN(NC(=O)OC(C)C)C(=O)OC(C)C)cc1. The molecular weight excluding hydrogens is 304 g/mol. The van der Waals surface area contributed by atoms with Crippen molar-refractivity contribution in [3.63, 3.8) is 0 Å². The molecule has 0 aromatic heterocycles. The van der Waals surface area contributed by atoms with E-state index in [1.165, 1.54) is 0 Å². The first kappa shape index (κ1) is 18.2. The summed E-state index contributed by atoms with van der Waals surface area (Å²) in [7, 11) is 0. The van der Waals surface area contributed by atoms with Crippen LogP contribution in [0, 0.1) is 6.92 Å². The zero-order valence-corrected chi connectivity index (χ0v) is 14.3. The molecule has 1 N–H and O–H groups in total. The smallest absolute Gasteiger partial charge is 0.440 e. The van der Waals surface area contributed by atoms with Gasteiger partial charge in [0.15, 0.2) is 0 Å². The van der Waals surface area contributed by atoms with Gasteiger partial charge in [0, 0.05) is 16.8 Å². The molecule has 0 atom stereocenters. The van der Waals surface area contributed by atoms with E-state index >= 15 is 0 Å². The monoisotopic (exact) mass is 326 g/mol. The number of carbonyl (C=O) groups excluding carboxylic acids is 2. The van der Waals surface area contributed by atoms with Crippen molar-refractivity contribution in [1.29, 1.82) is 0 Å². The van der Waals surface area contributed by atoms with E-state index in [9.17, 15) is 9.59 Å². The molecule has 0 spiro atoms. The number of aryl methyl sites for hydroxylation is 1. The topological polar surface area (TPSA) is 67.9 Å². The molecule has 2 amide bonds. The summed E-state index contributed by atoms with van der Waals surface area (Å²) in [5, 5.41) is 0. The summed E-state index contributed by atoms with van der Waals surface area (Å²) in [6, 6.07) is 7.54. The molecule has 1 aromatic rings. The molecule has 0 radical (unpaired) electrons. The predicted octanol–water partition coefficient (Wildman–Crippen LogP) is 3.90. The van der Waals surface area contributed by atoms with Crippen LogP contribution in [0.5, 0.6) is 0 Å². The van der Waals surface area contributed by atoms with Crippen LogP contribution < -0.4 is 5.43 Å². The van der Waals surface area contributed by atoms with Gasteiger partial charge in [-0.25, -0.2) is 15.0 Å². The van der Waals surface area contributed by atoms with Crippen LogP contribution in [0.2, 0.25) is 0 Å². The lowest BCUT2D eigenvalue weighted by atomic mass is 10.2. The van der Waals surface area contributed by atoms with E-state index in [2.05, 4.69) is 5.43 Å². The Bertz CT molecular complexity index is 503. The van der Waals surface area contributed by atoms with Gasteiger partial charge in [-0.2, -0.15) is 0 Å². The molecular formula is C15H22N2O4S. The molecule has 0 aliphatic heterocycles. The Kier molecular flexibility index (Phi) is 7.04. The van der Waals surface area contributed by atoms with Gasteiger partial charge in [0.25, 0.3) is 0 Å². The lowest BCUT2D eigenvalue weighted by molar-refractivity contribution is 0.0743. The highest BCUT2D eigenvalue weighted by atomic mass is 32.2. The third kappa shape index (κ3) is 6.71. The van der Waals surface area contributed by atoms with Crippen molar-refractivity contribution in [2.75, 3.05) is 0 Å². The van der Waals surface area contributed by atoms with Gasteiger partial charge in [-0.1, -0.05) is 17.7 Å². The van der Waals surface area contributed by atoms with E-state index in [-0.39, 0.29) is 12.2 Å². The minimum atomic E-state index is -0.713. The van der Waals surface area contributed by atoms with Crippen molar-refractivity contribution in [1.82, 2.24) is 9.84 Å². The Balaban J connectivity index is 2.78. The quantitative estimate of drug-likeness (QED) is 0.671. The molecule has 7 heteroatoms. The Morgan fingerprint density at radius 3 is 2.09 bits per heavy atom. The molecule has 0 saturated heterocycles. The third-order valence-electron chi connectivity index (χ3n) is 2.26. The number of amides is 2. The molecule has 0 bridgehead atoms. The number of carbonyl (C=O) groups is 2. The second-order valence-electron chi connectivity index (χ2n) is 5.20. The number of benzene rings is 1. The van der Waals surface area contributed by atoms with Crippen LogP contribution in [-0.4, -0.2) is 28.8 Å². The van der Waals surface area contributed by atoms with Crippen LogP contribution in [-0.2, 0) is 9.47 Å². The molecule has 22 heavy (non-hydrogen) atoms. The zero-order chi connectivity index (χ0) is 16.7. The summed E-state index contributed by atoms with van der Waals surface area (Å²) in [4.78, 5) is 24.5. The zero-order valence-electron chi connectivity index (χ0n) is 13.5. The van der Waals surface area contributed by atoms with Gasteiger partial charge in [-0.3, -0.25) is 0 Å². The molecule has 122 valence electrons. The Labute approximate surface area is 135 Å². The van der Waals surface area contributed by atoms with E-state index in [1.54, 1.807) is 27.7 Å². The van der Waals surface area contributed by atoms with E-state index in [0.717, 1.165) is 26.8 Å². The largest absolute Gasteiger partial charge is 0.446 e. The first-order valence-electron chi connectivity index (χ1n) is 7.00. The summed E-state index contributed by atoms with van der Waals surface area (Å²) in [6.45, 7) is 8.89. The lowest BCUT2D eigenvalue weighted by Gasteiger charge is -2.22. The highest BCUT2D eigenvalue weighted by Crippen LogP contribution is 2.22. The summed E-state index contributed by atoms with van der Waals surface area (Å²) < 4.78 is 11.1. The van der Waals surface area contributed by atoms with Crippen molar-refractivity contribution in [2.45, 2.75) is 51.7 Å². The van der Waals surface area contributed by atoms with Gasteiger partial charge < -0.3 is 9.47 Å². The number of rotatable bonds is 4. The summed E-state index contributed by atoms with van der Waals surface area (Å²) in [5.74, 6) is 0. The van der Waals surface area contributed by atoms with Gasteiger partial charge in [0.2, 0.25) is 0 Å². The summed E-state index contributed by atoms with van der Waals surface area (Å²) in [5.41, 5.74) is 3.48. The standard InChI is InChI=1S/C15H22N2O4S/c1-10(2)20-14(18)16-17(15(19)21-11(3)4)22-13-8-6-12(5)7-9-13/h6-11H,1-5H3,(H,16,18). The highest BCUT2D eigenvalue weighted by molar-refractivity contribution is 7.97. The van der Waals surface area contributed by atoms with Crippen molar-refractivity contribution in [3.05, 3.63) is 29.8 Å². The number of hydrogen-bond acceptors (Lipinski definition) is 5. The predicted molar refractivity (Wildman–Crippen MR) is 85.2 cm³/mol. The molecule has 0 saturated carbocycles. The van der Waals surface area contributed by atoms with Crippen molar-refractivity contribution in [2.24, 2.45) is 0 Å². The fourth-order valence-electron chi connectivity index (χ4n) is 1.38. The van der Waals surface area contributed by atoms with Gasteiger partial charge in [-0.15, -0.1) is 4.41 Å². The maximum atomic E-state index is 12.1. The molecule has 0 unspecified atom stereocenters. The van der Waals surface area contributed by atoms with Crippen LogP contribution >= 0.6 is 11.9 Å². The summed E-state index contributed by atoms with van der Waals surface area (Å²) in [6.07, 6.45) is -1.96. The average molecular weight is 326 g/mol. The minimum absolute atomic E-state index is 0.285. The van der Waals surface area contributed by atoms with Crippen molar-refractivity contribution < 1.29 is 19.1 Å². The molecule has 1 rings (SSSR count). The van der Waals surface area contributed by atoms with Gasteiger partial charge in [0.05, 0.1) is 12.2 Å². The number of ether oxygens (including phenoxy) is 2. The van der Waals surface area contributed by atoms with E-state index in [4.69, 9.17) is 9.47 Å². The van der Waals surface area contributed by atoms with Crippen LogP contribution in [0.15, 0.2) is 29.2 Å². The van der Waals surface area contributed by atoms with E-state index < -0.39 is 12.2 Å². The second-order valence-corrected chi connectivity index (χ2v) is 6.22. The Morgan fingerprint density at radius 2 is 1.59 bits per heavy atom. The first-order valence-corrected chi connectivity index (χ1v) is 7.78. The van der Waals surface area contributed by atoms with Gasteiger partial charge >= 0.3 is 12.2 Å². The van der Waals surface area contributed by atoms with E-state index in [0.29, 0.717) is 0 Å². The van der Waals surface area contributed by atoms with E-state index in [1.807, 2.05) is 31.2 Å². The van der Waals surface area contributed by atoms with Crippen molar-refractivity contribution >= 4 is 24.1 Å². The number of hydrazine groups is 1. The Hall–Kier alpha value is -1.89. The lowest BCUT2D eigenvalue weighted by Crippen LogP contribution is -2.43. The molecule has 6 nitrogen and oxygen atoms in total. The molecule has 0 fully saturated rings. The normalized spacial score (nSPS) is 10.5. The number of hydrogen-bond donors (Lipinski definition) is 1. The number of nitrogens with one attached hydrogen (secondary N) is 1. The second kappa shape index (κ2) is 8.53. The summed E-state index contributed by atoms with van der Waals surface area (Å²) >= 11 is 1.05. The third-order valence-corrected chi connectivity index (χ3v) is 3.16. The maximum Gasteiger partial charge on any atom is 0.440 e. The van der Waals surface area contributed by atoms with Crippen LogP contribution in [0.25, 0.3) is 0 Å². The van der Waals surface area contributed by atoms with Gasteiger partial charge in [-0.05, 0) is 46.8 Å². The molecule has 0 heterocycles. The van der Waals surface area contributed by atoms with Crippen LogP contribution in [0.1, 0.15) is 33.3 Å². The van der Waals surface area contributed by atoms with Gasteiger partial charge in [0.1, 0.15) is 0 Å². The fourth-order valence-corrected chi connectivity index (χ4v) is 2.09.